The van der Waals surface area contributed by atoms with Gasteiger partial charge in [-0.1, -0.05) is 0 Å². The molecule has 0 spiro atoms. The fraction of sp³-hybridized carbons (Fsp3) is 0. The second-order valence-corrected chi connectivity index (χ2v) is 7.40. The summed E-state index contributed by atoms with van der Waals surface area (Å²) in [5.41, 5.74) is 0. The summed E-state index contributed by atoms with van der Waals surface area (Å²) in [6.45, 7) is 0. The molecule has 0 aliphatic carbocycles. The van der Waals surface area contributed by atoms with E-state index in [1.807, 2.05) is 0 Å². The number of rotatable bonds is 0. The van der Waals surface area contributed by atoms with E-state index in [1.54, 1.807) is 0 Å². The van der Waals surface area contributed by atoms with E-state index < -0.39 is 113 Å². The van der Waals surface area contributed by atoms with E-state index in [1.165, 1.54) is 0 Å². The average Bonchev–Trinajstić information content (AvgIpc) is 1.94. The van der Waals surface area contributed by atoms with Crippen LogP contribution in [0.5, 0.6) is 0 Å². The second-order valence-electron chi connectivity index (χ2n) is 1.25. The molecule has 0 aromatic rings. The van der Waals surface area contributed by atoms with Crippen LogP contribution in [0.4, 0.5) is 0 Å². The number of hydrogen-bond acceptors (Lipinski definition) is 15. The van der Waals surface area contributed by atoms with E-state index in [0.717, 1.165) is 0 Å². The Bertz CT molecular complexity index is 221. The van der Waals surface area contributed by atoms with Gasteiger partial charge in [-0.05, 0) is 0 Å². The van der Waals surface area contributed by atoms with E-state index in [-0.39, 0.29) is 162 Å². The van der Waals surface area contributed by atoms with Crippen LogP contribution in [-0.4, -0.2) is 91.0 Å². The third kappa shape index (κ3) is 374. The largest absolute Gasteiger partial charge is 2.00 e. The SMILES string of the molecule is [La+3].[La+3].[O]=[Zr]([O-])[O-].[O]=[Zr]([O-])[O-].[O]=[Zr]([O-])[O-].[O]=[Zr]([O-])[O-].[O]=[Zr]([O-])[O-].[Sr+2].[Sr+2]. The van der Waals surface area contributed by atoms with Crippen molar-refractivity contribution in [2.45, 2.75) is 0 Å². The first kappa shape index (κ1) is 58.3. The van der Waals surface area contributed by atoms with E-state index in [9.17, 15) is 0 Å². The molecule has 0 fully saturated rings. The molecule has 120 valence electrons. The Balaban J connectivity index is -0.0000000161. The van der Waals surface area contributed by atoms with Crippen molar-refractivity contribution in [2.24, 2.45) is 0 Å². The molecule has 0 rings (SSSR count). The van der Waals surface area contributed by atoms with Crippen molar-refractivity contribution in [3.8, 4) is 0 Å². The molecule has 24 heavy (non-hydrogen) atoms. The van der Waals surface area contributed by atoms with Crippen LogP contribution in [0.15, 0.2) is 0 Å². The van der Waals surface area contributed by atoms with Crippen molar-refractivity contribution in [2.75, 3.05) is 0 Å². The molecule has 0 aromatic carbocycles. The maximum Gasteiger partial charge on any atom is 2.00 e. The zero-order valence-electron chi connectivity index (χ0n) is 11.2. The van der Waals surface area contributed by atoms with Gasteiger partial charge in [0.2, 0.25) is 0 Å². The fourth-order valence-electron chi connectivity index (χ4n) is 0. The minimum atomic E-state index is -4.29. The van der Waals surface area contributed by atoms with Gasteiger partial charge in [0, 0.05) is 0 Å². The topological polar surface area (TPSA) is 316 Å². The van der Waals surface area contributed by atoms with Crippen molar-refractivity contribution < 1.29 is 230 Å². The van der Waals surface area contributed by atoms with E-state index in [2.05, 4.69) is 0 Å². The van der Waals surface area contributed by atoms with Gasteiger partial charge in [-0.3, -0.25) is 0 Å². The van der Waals surface area contributed by atoms with Crippen molar-refractivity contribution >= 4 is 91.0 Å². The van der Waals surface area contributed by atoms with Crippen molar-refractivity contribution in [3.63, 3.8) is 0 Å². The van der Waals surface area contributed by atoms with Gasteiger partial charge >= 0.3 is 321 Å². The summed E-state index contributed by atoms with van der Waals surface area (Å²) in [5, 5.41) is 0. The zero-order valence-corrected chi connectivity index (χ0v) is 37.7. The average molecular weight is 1150 g/mol. The van der Waals surface area contributed by atoms with Crippen molar-refractivity contribution in [1.29, 1.82) is 0 Å². The van der Waals surface area contributed by atoms with E-state index in [4.69, 9.17) is 45.9 Å². The summed E-state index contributed by atoms with van der Waals surface area (Å²) < 4.78 is 129. The predicted octanol–water partition coefficient (Wildman–Crippen LogP) is -13.3. The molecule has 0 bridgehead atoms. The summed E-state index contributed by atoms with van der Waals surface area (Å²) in [4.78, 5) is 0. The van der Waals surface area contributed by atoms with Crippen LogP contribution in [0.25, 0.3) is 0 Å². The summed E-state index contributed by atoms with van der Waals surface area (Å²) in [6.07, 6.45) is 0. The van der Waals surface area contributed by atoms with Gasteiger partial charge in [0.05, 0.1) is 0 Å². The molecule has 0 radical (unpaired) electrons. The Morgan fingerprint density at radius 2 is 0.333 bits per heavy atom. The Hall–Kier alpha value is 8.37. The maximum atomic E-state index is 8.61. The molecule has 0 aliphatic rings. The summed E-state index contributed by atoms with van der Waals surface area (Å²) in [7, 11) is 0. The van der Waals surface area contributed by atoms with E-state index in [0.29, 0.717) is 0 Å². The summed E-state index contributed by atoms with van der Waals surface area (Å²) in [6, 6.07) is 0. The molecule has 0 saturated heterocycles. The summed E-state index contributed by atoms with van der Waals surface area (Å²) in [5.74, 6) is 0. The molecule has 0 atom stereocenters. The predicted molar refractivity (Wildman–Crippen MR) is 14.9 cm³/mol. The molecule has 0 unspecified atom stereocenters. The minimum Gasteiger partial charge on any atom is 2.00 e. The van der Waals surface area contributed by atoms with Crippen molar-refractivity contribution in [1.82, 2.24) is 0 Å². The van der Waals surface area contributed by atoms with Gasteiger partial charge in [0.25, 0.3) is 0 Å². The Kier molecular flexibility index (Phi) is 129. The monoisotopic (exact) mass is 1140 g/mol. The van der Waals surface area contributed by atoms with E-state index >= 15 is 0 Å². The van der Waals surface area contributed by atoms with Crippen LogP contribution in [0.2, 0.25) is 0 Å². The molecule has 0 aliphatic heterocycles. The minimum absolute atomic E-state index is 0. The van der Waals surface area contributed by atoms with Gasteiger partial charge in [-0.25, -0.2) is 0 Å². The normalized spacial score (nSPS) is 5.42. The Labute approximate surface area is 311 Å². The molecule has 0 amide bonds. The van der Waals surface area contributed by atoms with Crippen LogP contribution in [0.1, 0.15) is 0 Å². The van der Waals surface area contributed by atoms with Gasteiger partial charge in [0.1, 0.15) is 0 Å². The van der Waals surface area contributed by atoms with Gasteiger partial charge in [0.15, 0.2) is 0 Å². The van der Waals surface area contributed by atoms with Gasteiger partial charge < -0.3 is 0 Å². The summed E-state index contributed by atoms with van der Waals surface area (Å²) >= 11 is -21.5. The van der Waals surface area contributed by atoms with Gasteiger partial charge in [-0.15, -0.1) is 0 Å². The first-order valence-corrected chi connectivity index (χ1v) is 18.1. The molecule has 0 heterocycles. The van der Waals surface area contributed by atoms with Crippen LogP contribution in [-0.2, 0) is 127 Å². The zero-order chi connectivity index (χ0) is 17.9. The molecule has 0 aromatic heterocycles. The van der Waals surface area contributed by atoms with Crippen LogP contribution in [0, 0.1) is 71.2 Å². The molecule has 15 nitrogen and oxygen atoms in total. The smallest absolute Gasteiger partial charge is 2.00 e. The third-order valence-corrected chi connectivity index (χ3v) is 0. The standard InChI is InChI=1S/2La.15O.2Sr.5Zr/q2*+3;;;;;;10*-1;2*+2;;;;;. The fourth-order valence-corrected chi connectivity index (χ4v) is 0. The Morgan fingerprint density at radius 3 is 0.333 bits per heavy atom. The van der Waals surface area contributed by atoms with Gasteiger partial charge in [-0.2, -0.15) is 0 Å². The van der Waals surface area contributed by atoms with Crippen molar-refractivity contribution in [3.05, 3.63) is 0 Å². The quantitative estimate of drug-likeness (QED) is 0.204. The van der Waals surface area contributed by atoms with Crippen LogP contribution in [0.3, 0.4) is 0 Å². The molecular formula is La2O15Sr2Zr5. The second kappa shape index (κ2) is 53.0. The van der Waals surface area contributed by atoms with Crippen LogP contribution < -0.4 is 31.8 Å². The first-order valence-electron chi connectivity index (χ1n) is 3.06. The number of hydrogen-bond donors (Lipinski definition) is 0. The molecule has 0 N–H and O–H groups in total. The maximum absolute atomic E-state index is 8.61. The molecule has 0 saturated carbocycles. The molecule has 24 heteroatoms. The van der Waals surface area contributed by atoms with Crippen LogP contribution >= 0.6 is 0 Å². The Morgan fingerprint density at radius 1 is 0.333 bits per heavy atom. The first-order chi connectivity index (χ1) is 8.66. The molecular weight excluding hydrogens is 1150 g/mol. The third-order valence-electron chi connectivity index (χ3n) is 0.